The maximum atomic E-state index is 12.7. The minimum Gasteiger partial charge on any atom is -0.383 e. The van der Waals surface area contributed by atoms with Gasteiger partial charge in [-0.25, -0.2) is 4.68 Å². The topological polar surface area (TPSA) is 109 Å². The first-order chi connectivity index (χ1) is 14.2. The summed E-state index contributed by atoms with van der Waals surface area (Å²) in [5.41, 5.74) is 12.2. The number of hydrogen-bond acceptors (Lipinski definition) is 5. The van der Waals surface area contributed by atoms with Gasteiger partial charge in [-0.2, -0.15) is 18.3 Å². The summed E-state index contributed by atoms with van der Waals surface area (Å²) in [4.78, 5) is 15.3. The summed E-state index contributed by atoms with van der Waals surface area (Å²) in [5.74, 6) is -0.761. The molecule has 0 fully saturated rings. The molecule has 0 radical (unpaired) electrons. The highest BCUT2D eigenvalue weighted by atomic mass is 19.4. The number of hydrogen-bond donors (Lipinski definition) is 2. The normalized spacial score (nSPS) is 12.7. The number of halogens is 3. The molecule has 0 bridgehead atoms. The summed E-state index contributed by atoms with van der Waals surface area (Å²) in [5, 5.41) is 4.33. The van der Waals surface area contributed by atoms with Crippen LogP contribution in [0.1, 0.15) is 45.8 Å². The monoisotopic (exact) mass is 419 g/mol. The second kappa shape index (κ2) is 8.54. The number of aromatic nitrogens is 3. The number of rotatable bonds is 7. The number of carbonyl (C=O) groups excluding carboxylic acids is 1. The molecule has 0 unspecified atom stereocenters. The van der Waals surface area contributed by atoms with Gasteiger partial charge in [-0.15, -0.1) is 0 Å². The molecular weight excluding hydrogens is 399 g/mol. The van der Waals surface area contributed by atoms with Gasteiger partial charge in [0.1, 0.15) is 22.8 Å². The summed E-state index contributed by atoms with van der Waals surface area (Å²) in [6.07, 6.45) is -3.43. The van der Waals surface area contributed by atoms with Gasteiger partial charge in [0, 0.05) is 6.20 Å². The van der Waals surface area contributed by atoms with E-state index in [1.807, 2.05) is 30.3 Å². The van der Waals surface area contributed by atoms with E-state index in [0.717, 1.165) is 17.8 Å². The summed E-state index contributed by atoms with van der Waals surface area (Å²) in [7, 11) is 0. The van der Waals surface area contributed by atoms with Gasteiger partial charge in [-0.1, -0.05) is 36.4 Å². The number of nitrogen functional groups attached to an aromatic ring is 1. The van der Waals surface area contributed by atoms with E-state index in [1.54, 1.807) is 6.92 Å². The van der Waals surface area contributed by atoms with Crippen LogP contribution < -0.4 is 11.5 Å². The van der Waals surface area contributed by atoms with E-state index in [2.05, 4.69) is 10.1 Å². The zero-order chi connectivity index (χ0) is 21.9. The Hall–Kier alpha value is -3.40. The lowest BCUT2D eigenvalue weighted by Crippen LogP contribution is -2.17. The number of anilines is 1. The summed E-state index contributed by atoms with van der Waals surface area (Å²) in [6.45, 7) is 1.96. The maximum absolute atomic E-state index is 12.7. The standard InChI is InChI=1S/C20H20F3N5O2/c1-12(14-7-8-16(26-9-14)20(21,22)23)28-18(24)17(19(25)29)15(27-28)11-30-10-13-5-3-2-4-6-13/h2-9,12H,10-11,24H2,1H3,(H2,25,29)/t12-/m1/s1. The minimum absolute atomic E-state index is 0.00760. The molecule has 158 valence electrons. The predicted molar refractivity (Wildman–Crippen MR) is 103 cm³/mol. The Morgan fingerprint density at radius 3 is 2.43 bits per heavy atom. The van der Waals surface area contributed by atoms with Gasteiger partial charge in [0.05, 0.1) is 19.3 Å². The Kier molecular flexibility index (Phi) is 6.06. The minimum atomic E-state index is -4.53. The van der Waals surface area contributed by atoms with Crippen molar-refractivity contribution in [1.82, 2.24) is 14.8 Å². The Balaban J connectivity index is 1.82. The first kappa shape index (κ1) is 21.3. The van der Waals surface area contributed by atoms with Crippen molar-refractivity contribution in [3.05, 3.63) is 76.7 Å². The lowest BCUT2D eigenvalue weighted by molar-refractivity contribution is -0.141. The molecule has 2 aromatic heterocycles. The van der Waals surface area contributed by atoms with Crippen molar-refractivity contribution in [2.45, 2.75) is 32.4 Å². The van der Waals surface area contributed by atoms with Crippen molar-refractivity contribution < 1.29 is 22.7 Å². The molecule has 4 N–H and O–H groups in total. The Morgan fingerprint density at radius 2 is 1.87 bits per heavy atom. The number of nitrogens with zero attached hydrogens (tertiary/aromatic N) is 3. The lowest BCUT2D eigenvalue weighted by atomic mass is 10.1. The average Bonchev–Trinajstić information content (AvgIpc) is 3.04. The number of primary amides is 1. The van der Waals surface area contributed by atoms with Gasteiger partial charge in [0.25, 0.3) is 5.91 Å². The largest absolute Gasteiger partial charge is 0.433 e. The number of pyridine rings is 1. The second-order valence-corrected chi connectivity index (χ2v) is 6.64. The van der Waals surface area contributed by atoms with Crippen LogP contribution in [0.3, 0.4) is 0 Å². The maximum Gasteiger partial charge on any atom is 0.433 e. The molecule has 1 amide bonds. The summed E-state index contributed by atoms with van der Waals surface area (Å²) in [6, 6.07) is 11.0. The molecule has 1 aromatic carbocycles. The highest BCUT2D eigenvalue weighted by Crippen LogP contribution is 2.30. The fraction of sp³-hybridized carbons (Fsp3) is 0.250. The van der Waals surface area contributed by atoms with Crippen molar-refractivity contribution in [3.8, 4) is 0 Å². The quantitative estimate of drug-likeness (QED) is 0.611. The summed E-state index contributed by atoms with van der Waals surface area (Å²) < 4.78 is 45.1. The smallest absolute Gasteiger partial charge is 0.383 e. The van der Waals surface area contributed by atoms with Crippen LogP contribution in [-0.4, -0.2) is 20.7 Å². The predicted octanol–water partition coefficient (Wildman–Crippen LogP) is 3.30. The number of carbonyl (C=O) groups is 1. The van der Waals surface area contributed by atoms with Gasteiger partial charge >= 0.3 is 6.18 Å². The highest BCUT2D eigenvalue weighted by Gasteiger charge is 2.32. The molecule has 3 aromatic rings. The molecule has 0 saturated carbocycles. The molecule has 1 atom stereocenters. The van der Waals surface area contributed by atoms with Gasteiger partial charge in [-0.3, -0.25) is 9.78 Å². The molecule has 0 aliphatic carbocycles. The molecule has 30 heavy (non-hydrogen) atoms. The molecule has 0 saturated heterocycles. The third-order valence-corrected chi connectivity index (χ3v) is 4.54. The van der Waals surface area contributed by atoms with Crippen LogP contribution in [0, 0.1) is 0 Å². The van der Waals surface area contributed by atoms with Crippen LogP contribution in [-0.2, 0) is 24.1 Å². The van der Waals surface area contributed by atoms with Crippen molar-refractivity contribution in [3.63, 3.8) is 0 Å². The molecule has 0 aliphatic heterocycles. The SMILES string of the molecule is C[C@H](c1ccc(C(F)(F)F)nc1)n1nc(COCc2ccccc2)c(C(N)=O)c1N. The first-order valence-electron chi connectivity index (χ1n) is 9.00. The van der Waals surface area contributed by atoms with Crippen LogP contribution in [0.15, 0.2) is 48.7 Å². The average molecular weight is 419 g/mol. The number of amides is 1. The van der Waals surface area contributed by atoms with Crippen molar-refractivity contribution in [1.29, 1.82) is 0 Å². The molecule has 3 rings (SSSR count). The lowest BCUT2D eigenvalue weighted by Gasteiger charge is -2.15. The second-order valence-electron chi connectivity index (χ2n) is 6.64. The van der Waals surface area contributed by atoms with E-state index in [1.165, 1.54) is 10.7 Å². The summed E-state index contributed by atoms with van der Waals surface area (Å²) >= 11 is 0. The highest BCUT2D eigenvalue weighted by molar-refractivity contribution is 5.98. The number of ether oxygens (including phenoxy) is 1. The zero-order valence-corrected chi connectivity index (χ0v) is 16.1. The molecule has 10 heteroatoms. The van der Waals surface area contributed by atoms with E-state index in [4.69, 9.17) is 16.2 Å². The fourth-order valence-electron chi connectivity index (χ4n) is 2.96. The zero-order valence-electron chi connectivity index (χ0n) is 16.1. The van der Waals surface area contributed by atoms with Gasteiger partial charge in [0.15, 0.2) is 0 Å². The molecule has 2 heterocycles. The van der Waals surface area contributed by atoms with E-state index >= 15 is 0 Å². The fourth-order valence-corrected chi connectivity index (χ4v) is 2.96. The molecular formula is C20H20F3N5O2. The van der Waals surface area contributed by atoms with Gasteiger partial charge < -0.3 is 16.2 Å². The van der Waals surface area contributed by atoms with Gasteiger partial charge in [-0.05, 0) is 24.1 Å². The number of benzene rings is 1. The van der Waals surface area contributed by atoms with Crippen LogP contribution in [0.2, 0.25) is 0 Å². The molecule has 0 aliphatic rings. The molecule has 0 spiro atoms. The van der Waals surface area contributed by atoms with Crippen LogP contribution in [0.5, 0.6) is 0 Å². The Morgan fingerprint density at radius 1 is 1.17 bits per heavy atom. The number of alkyl halides is 3. The molecule has 7 nitrogen and oxygen atoms in total. The van der Waals surface area contributed by atoms with E-state index < -0.39 is 23.8 Å². The van der Waals surface area contributed by atoms with E-state index in [9.17, 15) is 18.0 Å². The third kappa shape index (κ3) is 4.60. The van der Waals surface area contributed by atoms with Crippen LogP contribution in [0.4, 0.5) is 19.0 Å². The number of nitrogens with two attached hydrogens (primary N) is 2. The van der Waals surface area contributed by atoms with Crippen LogP contribution in [0.25, 0.3) is 0 Å². The van der Waals surface area contributed by atoms with Crippen molar-refractivity contribution >= 4 is 11.7 Å². The van der Waals surface area contributed by atoms with Crippen molar-refractivity contribution in [2.75, 3.05) is 5.73 Å². The van der Waals surface area contributed by atoms with E-state index in [0.29, 0.717) is 12.2 Å². The van der Waals surface area contributed by atoms with E-state index in [-0.39, 0.29) is 23.7 Å². The first-order valence-corrected chi connectivity index (χ1v) is 9.00. The third-order valence-electron chi connectivity index (χ3n) is 4.54. The Bertz CT molecular complexity index is 1020. The van der Waals surface area contributed by atoms with Crippen LogP contribution >= 0.6 is 0 Å². The van der Waals surface area contributed by atoms with Crippen molar-refractivity contribution in [2.24, 2.45) is 5.73 Å². The Labute approximate surface area is 170 Å². The van der Waals surface area contributed by atoms with Gasteiger partial charge in [0.2, 0.25) is 0 Å².